The van der Waals surface area contributed by atoms with E-state index in [9.17, 15) is 5.26 Å². The number of rotatable bonds is 1. The van der Waals surface area contributed by atoms with Crippen LogP contribution in [0.15, 0.2) is 48.7 Å². The van der Waals surface area contributed by atoms with Crippen LogP contribution in [-0.2, 0) is 0 Å². The first-order chi connectivity index (χ1) is 9.83. The molecule has 0 aliphatic heterocycles. The Bertz CT molecular complexity index is 885. The summed E-state index contributed by atoms with van der Waals surface area (Å²) in [5.74, 6) is 0. The molecule has 0 atom stereocenters. The number of benzene rings is 2. The summed E-state index contributed by atoms with van der Waals surface area (Å²) in [6.07, 6.45) is 1.62. The molecule has 0 aliphatic rings. The molecule has 0 saturated heterocycles. The van der Waals surface area contributed by atoms with E-state index in [-0.39, 0.29) is 0 Å². The van der Waals surface area contributed by atoms with Crippen LogP contribution in [0.1, 0.15) is 11.1 Å². The number of nitrogens with zero attached hydrogens (tertiary/aromatic N) is 4. The summed E-state index contributed by atoms with van der Waals surface area (Å²) >= 11 is 0. The molecule has 0 unspecified atom stereocenters. The van der Waals surface area contributed by atoms with Crippen molar-refractivity contribution < 1.29 is 0 Å². The average Bonchev–Trinajstić information content (AvgIpc) is 2.53. The summed E-state index contributed by atoms with van der Waals surface area (Å²) in [4.78, 5) is 0. The van der Waals surface area contributed by atoms with Gasteiger partial charge in [0.05, 0.1) is 29.5 Å². The van der Waals surface area contributed by atoms with Crippen molar-refractivity contribution in [2.45, 2.75) is 0 Å². The topological polar surface area (TPSA) is 73.4 Å². The third-order valence-electron chi connectivity index (χ3n) is 3.09. The van der Waals surface area contributed by atoms with Gasteiger partial charge in [-0.15, -0.1) is 5.10 Å². The van der Waals surface area contributed by atoms with Gasteiger partial charge in [-0.3, -0.25) is 0 Å². The van der Waals surface area contributed by atoms with E-state index < -0.39 is 0 Å². The van der Waals surface area contributed by atoms with Gasteiger partial charge in [0.25, 0.3) is 0 Å². The van der Waals surface area contributed by atoms with E-state index in [1.807, 2.05) is 24.3 Å². The zero-order valence-electron chi connectivity index (χ0n) is 10.4. The van der Waals surface area contributed by atoms with Crippen LogP contribution in [-0.4, -0.2) is 10.2 Å². The first-order valence-corrected chi connectivity index (χ1v) is 5.98. The van der Waals surface area contributed by atoms with Crippen molar-refractivity contribution in [2.75, 3.05) is 0 Å². The summed E-state index contributed by atoms with van der Waals surface area (Å²) in [6.45, 7) is 0. The van der Waals surface area contributed by atoms with E-state index in [4.69, 9.17) is 5.26 Å². The molecular formula is C16H8N4. The van der Waals surface area contributed by atoms with Gasteiger partial charge in [-0.2, -0.15) is 15.6 Å². The molecule has 4 nitrogen and oxygen atoms in total. The second-order valence-corrected chi connectivity index (χ2v) is 4.26. The summed E-state index contributed by atoms with van der Waals surface area (Å²) in [5.41, 5.74) is 2.53. The largest absolute Gasteiger partial charge is 0.192 e. The molecule has 2 aromatic carbocycles. The molecule has 1 aromatic heterocycles. The lowest BCUT2D eigenvalue weighted by molar-refractivity contribution is 1.06. The lowest BCUT2D eigenvalue weighted by Crippen LogP contribution is -1.92. The van der Waals surface area contributed by atoms with E-state index >= 15 is 0 Å². The van der Waals surface area contributed by atoms with Gasteiger partial charge in [-0.05, 0) is 18.2 Å². The van der Waals surface area contributed by atoms with Crippen molar-refractivity contribution in [1.29, 1.82) is 10.5 Å². The van der Waals surface area contributed by atoms with Crippen LogP contribution < -0.4 is 0 Å². The molecule has 20 heavy (non-hydrogen) atoms. The Hall–Kier alpha value is -3.24. The first kappa shape index (κ1) is 11.8. The minimum absolute atomic E-state index is 0.554. The molecule has 0 amide bonds. The standard InChI is InChI=1S/C16H8N4/c17-8-11-5-6-15-13(7-11)10-19-20-16(15)14-4-2-1-3-12(14)9-18/h1-7,10H. The van der Waals surface area contributed by atoms with Crippen LogP contribution in [0.4, 0.5) is 0 Å². The Balaban J connectivity index is 2.33. The van der Waals surface area contributed by atoms with Gasteiger partial charge < -0.3 is 0 Å². The van der Waals surface area contributed by atoms with E-state index in [1.165, 1.54) is 0 Å². The Morgan fingerprint density at radius 2 is 1.80 bits per heavy atom. The third kappa shape index (κ3) is 1.86. The second-order valence-electron chi connectivity index (χ2n) is 4.26. The van der Waals surface area contributed by atoms with Gasteiger partial charge in [-0.25, -0.2) is 0 Å². The monoisotopic (exact) mass is 256 g/mol. The molecule has 0 bridgehead atoms. The maximum atomic E-state index is 9.19. The molecule has 0 fully saturated rings. The summed E-state index contributed by atoms with van der Waals surface area (Å²) < 4.78 is 0. The van der Waals surface area contributed by atoms with Gasteiger partial charge in [0, 0.05) is 16.3 Å². The van der Waals surface area contributed by atoms with Gasteiger partial charge in [0.15, 0.2) is 0 Å². The maximum absolute atomic E-state index is 9.19. The number of hydrogen-bond donors (Lipinski definition) is 0. The Morgan fingerprint density at radius 3 is 2.60 bits per heavy atom. The van der Waals surface area contributed by atoms with E-state index in [0.29, 0.717) is 16.8 Å². The summed E-state index contributed by atoms with van der Waals surface area (Å²) in [7, 11) is 0. The highest BCUT2D eigenvalue weighted by atomic mass is 15.1. The fourth-order valence-corrected chi connectivity index (χ4v) is 2.14. The molecule has 4 heteroatoms. The fourth-order valence-electron chi connectivity index (χ4n) is 2.14. The first-order valence-electron chi connectivity index (χ1n) is 5.98. The van der Waals surface area contributed by atoms with Crippen LogP contribution in [0.25, 0.3) is 22.0 Å². The molecule has 3 rings (SSSR count). The highest BCUT2D eigenvalue weighted by Crippen LogP contribution is 2.28. The highest BCUT2D eigenvalue weighted by Gasteiger charge is 2.10. The highest BCUT2D eigenvalue weighted by molar-refractivity contribution is 5.95. The van der Waals surface area contributed by atoms with Crippen LogP contribution in [0.5, 0.6) is 0 Å². The number of fused-ring (bicyclic) bond motifs is 1. The van der Waals surface area contributed by atoms with Crippen molar-refractivity contribution in [3.8, 4) is 23.4 Å². The van der Waals surface area contributed by atoms with Crippen molar-refractivity contribution in [3.63, 3.8) is 0 Å². The predicted molar refractivity (Wildman–Crippen MR) is 74.4 cm³/mol. The lowest BCUT2D eigenvalue weighted by Gasteiger charge is -2.06. The Labute approximate surface area is 115 Å². The summed E-state index contributed by atoms with van der Waals surface area (Å²) in [5, 5.41) is 28.0. The molecule has 0 radical (unpaired) electrons. The van der Waals surface area contributed by atoms with Crippen molar-refractivity contribution in [1.82, 2.24) is 10.2 Å². The lowest BCUT2D eigenvalue weighted by atomic mass is 10.00. The molecular weight excluding hydrogens is 248 g/mol. The van der Waals surface area contributed by atoms with Gasteiger partial charge in [-0.1, -0.05) is 24.3 Å². The van der Waals surface area contributed by atoms with Gasteiger partial charge >= 0.3 is 0 Å². The van der Waals surface area contributed by atoms with Crippen molar-refractivity contribution in [3.05, 3.63) is 59.8 Å². The normalized spacial score (nSPS) is 9.90. The SMILES string of the molecule is N#Cc1ccc2c(-c3ccccc3C#N)nncc2c1. The van der Waals surface area contributed by atoms with Crippen molar-refractivity contribution >= 4 is 10.8 Å². The predicted octanol–water partition coefficient (Wildman–Crippen LogP) is 3.04. The molecule has 0 saturated carbocycles. The van der Waals surface area contributed by atoms with E-state index in [0.717, 1.165) is 16.3 Å². The van der Waals surface area contributed by atoms with E-state index in [2.05, 4.69) is 22.3 Å². The third-order valence-corrected chi connectivity index (χ3v) is 3.09. The number of nitriles is 2. The summed E-state index contributed by atoms with van der Waals surface area (Å²) in [6, 6.07) is 16.9. The molecule has 92 valence electrons. The maximum Gasteiger partial charge on any atom is 0.102 e. The van der Waals surface area contributed by atoms with Crippen molar-refractivity contribution in [2.24, 2.45) is 0 Å². The van der Waals surface area contributed by atoms with Gasteiger partial charge in [0.1, 0.15) is 5.69 Å². The van der Waals surface area contributed by atoms with Crippen LogP contribution in [0.2, 0.25) is 0 Å². The number of hydrogen-bond acceptors (Lipinski definition) is 4. The smallest absolute Gasteiger partial charge is 0.102 e. The Kier molecular flexibility index (Phi) is 2.84. The number of aromatic nitrogens is 2. The molecule has 0 aliphatic carbocycles. The molecule has 1 heterocycles. The zero-order valence-corrected chi connectivity index (χ0v) is 10.4. The average molecular weight is 256 g/mol. The quantitative estimate of drug-likeness (QED) is 0.670. The van der Waals surface area contributed by atoms with Gasteiger partial charge in [0.2, 0.25) is 0 Å². The second kappa shape index (κ2) is 4.79. The van der Waals surface area contributed by atoms with E-state index in [1.54, 1.807) is 24.4 Å². The van der Waals surface area contributed by atoms with Crippen LogP contribution in [0, 0.1) is 22.7 Å². The minimum Gasteiger partial charge on any atom is -0.192 e. The molecule has 0 spiro atoms. The minimum atomic E-state index is 0.554. The van der Waals surface area contributed by atoms with Crippen LogP contribution >= 0.6 is 0 Å². The molecule has 3 aromatic rings. The molecule has 0 N–H and O–H groups in total. The fraction of sp³-hybridized carbons (Fsp3) is 0. The van der Waals surface area contributed by atoms with Crippen LogP contribution in [0.3, 0.4) is 0 Å². The Morgan fingerprint density at radius 1 is 0.950 bits per heavy atom. The zero-order chi connectivity index (χ0) is 13.9.